The van der Waals surface area contributed by atoms with Crippen molar-refractivity contribution in [2.24, 2.45) is 11.8 Å². The minimum absolute atomic E-state index is 0.0447. The van der Waals surface area contributed by atoms with E-state index in [1.54, 1.807) is 6.07 Å². The zero-order chi connectivity index (χ0) is 24.3. The van der Waals surface area contributed by atoms with Gasteiger partial charge in [0, 0.05) is 57.3 Å². The maximum atomic E-state index is 13.0. The summed E-state index contributed by atoms with van der Waals surface area (Å²) < 4.78 is 38.9. The Morgan fingerprint density at radius 1 is 1.24 bits per heavy atom. The van der Waals surface area contributed by atoms with Crippen LogP contribution >= 0.6 is 0 Å². The van der Waals surface area contributed by atoms with Gasteiger partial charge < -0.3 is 10.2 Å². The summed E-state index contributed by atoms with van der Waals surface area (Å²) in [6.07, 6.45) is -1.69. The molecule has 1 saturated carbocycles. The van der Waals surface area contributed by atoms with E-state index >= 15 is 0 Å². The van der Waals surface area contributed by atoms with Crippen LogP contribution in [0.15, 0.2) is 24.3 Å². The van der Waals surface area contributed by atoms with Gasteiger partial charge >= 0.3 is 6.18 Å². The normalized spacial score (nSPS) is 28.5. The highest BCUT2D eigenvalue weighted by atomic mass is 19.4. The first-order valence-electron chi connectivity index (χ1n) is 12.0. The van der Waals surface area contributed by atoms with Crippen molar-refractivity contribution in [2.75, 3.05) is 44.2 Å². The molecule has 10 heteroatoms. The average molecular weight is 483 g/mol. The molecule has 7 nitrogen and oxygen atoms in total. The highest BCUT2D eigenvalue weighted by molar-refractivity contribution is 5.79. The van der Waals surface area contributed by atoms with Crippen LogP contribution in [0.5, 0.6) is 0 Å². The first-order valence-corrected chi connectivity index (χ1v) is 12.0. The van der Waals surface area contributed by atoms with Gasteiger partial charge in [-0.2, -0.15) is 18.7 Å². The number of carbonyl (C=O) groups is 2. The molecule has 2 N–H and O–H groups in total. The Morgan fingerprint density at radius 2 is 2.00 bits per heavy atom. The van der Waals surface area contributed by atoms with Crippen LogP contribution in [0.25, 0.3) is 0 Å². The Balaban J connectivity index is 1.16. The zero-order valence-corrected chi connectivity index (χ0v) is 19.4. The summed E-state index contributed by atoms with van der Waals surface area (Å²) in [5.41, 5.74) is 3.00. The van der Waals surface area contributed by atoms with Crippen LogP contribution < -0.4 is 15.7 Å². The lowest BCUT2D eigenvalue weighted by Crippen LogP contribution is -2.54. The van der Waals surface area contributed by atoms with Crippen molar-refractivity contribution in [1.82, 2.24) is 15.7 Å². The number of hydrogen-bond acceptors (Lipinski definition) is 6. The van der Waals surface area contributed by atoms with Crippen molar-refractivity contribution >= 4 is 17.4 Å². The summed E-state index contributed by atoms with van der Waals surface area (Å²) in [6.45, 7) is 5.35. The summed E-state index contributed by atoms with van der Waals surface area (Å²) in [5.74, 6) is 0.940. The third-order valence-corrected chi connectivity index (χ3v) is 7.40. The van der Waals surface area contributed by atoms with Gasteiger partial charge in [-0.3, -0.25) is 19.3 Å². The fraction of sp³-hybridized carbons (Fsp3) is 0.667. The van der Waals surface area contributed by atoms with Crippen molar-refractivity contribution in [2.45, 2.75) is 50.9 Å². The SMILES string of the molecule is CC1C(CCNC(=O)CN2CCN(c3cccc(C(F)(F)F)c3)CC2)NOC2CC(=O)CCC21. The van der Waals surface area contributed by atoms with Crippen LogP contribution in [0.4, 0.5) is 18.9 Å². The number of ketones is 1. The number of nitrogens with one attached hydrogen (secondary N) is 2. The highest BCUT2D eigenvalue weighted by Crippen LogP contribution is 2.36. The second-order valence-electron chi connectivity index (χ2n) is 9.64. The average Bonchev–Trinajstić information content (AvgIpc) is 2.80. The Hall–Kier alpha value is -2.17. The number of piperazine rings is 1. The molecule has 188 valence electrons. The molecule has 3 fully saturated rings. The van der Waals surface area contributed by atoms with E-state index in [0.29, 0.717) is 63.1 Å². The van der Waals surface area contributed by atoms with Crippen LogP contribution in [-0.2, 0) is 20.6 Å². The Morgan fingerprint density at radius 3 is 2.74 bits per heavy atom. The smallest absolute Gasteiger partial charge is 0.369 e. The Kier molecular flexibility index (Phi) is 7.79. The summed E-state index contributed by atoms with van der Waals surface area (Å²) in [7, 11) is 0. The van der Waals surface area contributed by atoms with Gasteiger partial charge in [-0.15, -0.1) is 0 Å². The van der Waals surface area contributed by atoms with Crippen LogP contribution in [0.1, 0.15) is 38.2 Å². The molecule has 0 aromatic heterocycles. The van der Waals surface area contributed by atoms with Crippen molar-refractivity contribution in [1.29, 1.82) is 0 Å². The number of alkyl halides is 3. The number of rotatable bonds is 6. The minimum Gasteiger partial charge on any atom is -0.369 e. The summed E-state index contributed by atoms with van der Waals surface area (Å²) in [4.78, 5) is 33.8. The maximum Gasteiger partial charge on any atom is 0.416 e. The number of nitrogens with zero attached hydrogens (tertiary/aromatic N) is 2. The van der Waals surface area contributed by atoms with Gasteiger partial charge in [0.15, 0.2) is 0 Å². The second kappa shape index (κ2) is 10.6. The lowest BCUT2D eigenvalue weighted by atomic mass is 9.74. The van der Waals surface area contributed by atoms with Gasteiger partial charge in [0.2, 0.25) is 5.91 Å². The predicted octanol–water partition coefficient (Wildman–Crippen LogP) is 2.61. The molecule has 2 aliphatic heterocycles. The summed E-state index contributed by atoms with van der Waals surface area (Å²) in [6, 6.07) is 5.51. The quantitative estimate of drug-likeness (QED) is 0.650. The molecule has 2 heterocycles. The van der Waals surface area contributed by atoms with Gasteiger partial charge in [0.1, 0.15) is 5.78 Å². The summed E-state index contributed by atoms with van der Waals surface area (Å²) >= 11 is 0. The molecule has 4 rings (SSSR count). The van der Waals surface area contributed by atoms with E-state index in [0.717, 1.165) is 18.9 Å². The molecule has 3 aliphatic rings. The Labute approximate surface area is 197 Å². The topological polar surface area (TPSA) is 73.9 Å². The third-order valence-electron chi connectivity index (χ3n) is 7.40. The molecule has 4 unspecified atom stereocenters. The second-order valence-corrected chi connectivity index (χ2v) is 9.64. The standard InChI is InChI=1S/C24H33F3N4O3/c1-16-20-6-5-19(32)14-22(20)34-29-21(16)7-8-28-23(33)15-30-9-11-31(12-10-30)18-4-2-3-17(13-18)24(25,26)27/h2-4,13,16,20-22,29H,5-12,14-15H2,1H3,(H,28,33). The van der Waals surface area contributed by atoms with Crippen molar-refractivity contribution in [3.63, 3.8) is 0 Å². The number of hydrogen-bond donors (Lipinski definition) is 2. The lowest BCUT2D eigenvalue weighted by molar-refractivity contribution is -0.160. The van der Waals surface area contributed by atoms with E-state index in [-0.39, 0.29) is 30.4 Å². The number of fused-ring (bicyclic) bond motifs is 1. The third kappa shape index (κ3) is 6.09. The van der Waals surface area contributed by atoms with Crippen LogP contribution in [0.2, 0.25) is 0 Å². The van der Waals surface area contributed by atoms with Crippen molar-refractivity contribution < 1.29 is 27.6 Å². The molecule has 1 aromatic rings. The molecule has 34 heavy (non-hydrogen) atoms. The molecule has 2 saturated heterocycles. The fourth-order valence-electron chi connectivity index (χ4n) is 5.29. The fourth-order valence-corrected chi connectivity index (χ4v) is 5.29. The van der Waals surface area contributed by atoms with E-state index in [1.807, 2.05) is 9.80 Å². The van der Waals surface area contributed by atoms with E-state index in [1.165, 1.54) is 12.1 Å². The zero-order valence-electron chi connectivity index (χ0n) is 19.4. The van der Waals surface area contributed by atoms with E-state index in [9.17, 15) is 22.8 Å². The number of carbonyl (C=O) groups excluding carboxylic acids is 2. The summed E-state index contributed by atoms with van der Waals surface area (Å²) in [5, 5.41) is 2.98. The van der Waals surface area contributed by atoms with Gasteiger partial charge in [-0.05, 0) is 42.9 Å². The molecular formula is C24H33F3N4O3. The molecule has 0 bridgehead atoms. The van der Waals surface area contributed by atoms with Crippen LogP contribution in [-0.4, -0.2) is 68.0 Å². The van der Waals surface area contributed by atoms with Gasteiger partial charge in [0.25, 0.3) is 0 Å². The molecule has 0 radical (unpaired) electrons. The van der Waals surface area contributed by atoms with Crippen molar-refractivity contribution in [3.8, 4) is 0 Å². The molecule has 4 atom stereocenters. The first kappa shape index (κ1) is 24.9. The predicted molar refractivity (Wildman–Crippen MR) is 121 cm³/mol. The number of benzene rings is 1. The van der Waals surface area contributed by atoms with Crippen molar-refractivity contribution in [3.05, 3.63) is 29.8 Å². The molecule has 1 aliphatic carbocycles. The molecular weight excluding hydrogens is 449 g/mol. The van der Waals surface area contributed by atoms with E-state index in [4.69, 9.17) is 4.84 Å². The monoisotopic (exact) mass is 482 g/mol. The number of amides is 1. The number of Topliss-reactive ketones (excluding diaryl/α,β-unsaturated/α-hetero) is 1. The van der Waals surface area contributed by atoms with Gasteiger partial charge in [-0.1, -0.05) is 13.0 Å². The minimum atomic E-state index is -4.36. The molecule has 1 aromatic carbocycles. The molecule has 1 amide bonds. The first-order chi connectivity index (χ1) is 16.2. The van der Waals surface area contributed by atoms with Gasteiger partial charge in [0.05, 0.1) is 18.2 Å². The Bertz CT molecular complexity index is 873. The van der Waals surface area contributed by atoms with E-state index in [2.05, 4.69) is 17.7 Å². The number of anilines is 1. The number of halogens is 3. The largest absolute Gasteiger partial charge is 0.416 e. The van der Waals surface area contributed by atoms with E-state index < -0.39 is 11.7 Å². The van der Waals surface area contributed by atoms with Crippen LogP contribution in [0.3, 0.4) is 0 Å². The highest BCUT2D eigenvalue weighted by Gasteiger charge is 2.41. The number of hydroxylamine groups is 1. The molecule has 0 spiro atoms. The van der Waals surface area contributed by atoms with Crippen LogP contribution in [0, 0.1) is 11.8 Å². The lowest BCUT2D eigenvalue weighted by Gasteiger charge is -2.43. The van der Waals surface area contributed by atoms with Gasteiger partial charge in [-0.25, -0.2) is 0 Å². The maximum absolute atomic E-state index is 13.0.